The molecule has 0 aliphatic rings. The van der Waals surface area contributed by atoms with Crippen LogP contribution in [-0.4, -0.2) is 17.6 Å². The number of para-hydroxylation sites is 1. The minimum Gasteiger partial charge on any atom is -0.376 e. The van der Waals surface area contributed by atoms with Gasteiger partial charge in [-0.05, 0) is 48.6 Å². The van der Waals surface area contributed by atoms with Crippen LogP contribution in [0.4, 0.5) is 11.4 Å². The van der Waals surface area contributed by atoms with Gasteiger partial charge in [0, 0.05) is 16.4 Å². The Kier molecular flexibility index (Phi) is 6.00. The average molecular weight is 335 g/mol. The number of hydrogen-bond acceptors (Lipinski definition) is 3. The Labute approximate surface area is 139 Å². The number of carbonyl (C=O) groups excluding carboxylic acids is 1. The van der Waals surface area contributed by atoms with Crippen molar-refractivity contribution in [1.29, 1.82) is 0 Å². The topological polar surface area (TPSA) is 65.2 Å². The number of anilines is 2. The number of hydrazine groups is 1. The Balaban J connectivity index is 1.69. The maximum Gasteiger partial charge on any atom is 0.257 e. The summed E-state index contributed by atoms with van der Waals surface area (Å²) in [5, 5.41) is 6.85. The number of thiocarbonyl (C=S) groups is 1. The van der Waals surface area contributed by atoms with Crippen molar-refractivity contribution in [3.05, 3.63) is 59.6 Å². The van der Waals surface area contributed by atoms with E-state index in [4.69, 9.17) is 23.8 Å². The lowest BCUT2D eigenvalue weighted by Crippen LogP contribution is -2.45. The van der Waals surface area contributed by atoms with Crippen LogP contribution in [0.5, 0.6) is 0 Å². The molecule has 22 heavy (non-hydrogen) atoms. The maximum absolute atomic E-state index is 11.7. The van der Waals surface area contributed by atoms with Crippen LogP contribution in [0, 0.1) is 0 Å². The van der Waals surface area contributed by atoms with Gasteiger partial charge in [0.25, 0.3) is 5.91 Å². The third kappa shape index (κ3) is 5.59. The molecule has 4 N–H and O–H groups in total. The van der Waals surface area contributed by atoms with Gasteiger partial charge in [0.1, 0.15) is 0 Å². The van der Waals surface area contributed by atoms with Crippen LogP contribution in [0.25, 0.3) is 0 Å². The van der Waals surface area contributed by atoms with Crippen LogP contribution in [-0.2, 0) is 4.79 Å². The van der Waals surface area contributed by atoms with E-state index in [1.807, 2.05) is 30.3 Å². The van der Waals surface area contributed by atoms with E-state index in [-0.39, 0.29) is 17.6 Å². The molecule has 0 fully saturated rings. The second kappa shape index (κ2) is 8.21. The SMILES string of the molecule is O=C(CNc1ccccc1)NNC(=S)Nc1ccc(Cl)cc1. The molecule has 1 amide bonds. The van der Waals surface area contributed by atoms with E-state index in [9.17, 15) is 4.79 Å². The number of rotatable bonds is 4. The molecule has 0 radical (unpaired) electrons. The molecule has 0 aliphatic carbocycles. The molecule has 0 bridgehead atoms. The fraction of sp³-hybridized carbons (Fsp3) is 0.0667. The number of halogens is 1. The molecular weight excluding hydrogens is 320 g/mol. The molecule has 5 nitrogen and oxygen atoms in total. The summed E-state index contributed by atoms with van der Waals surface area (Å²) in [4.78, 5) is 11.7. The first kappa shape index (κ1) is 16.1. The number of nitrogens with one attached hydrogen (secondary N) is 4. The molecule has 2 aromatic rings. The Bertz CT molecular complexity index is 634. The van der Waals surface area contributed by atoms with Crippen LogP contribution < -0.4 is 21.5 Å². The summed E-state index contributed by atoms with van der Waals surface area (Å²) in [6.07, 6.45) is 0. The van der Waals surface area contributed by atoms with Crippen molar-refractivity contribution < 1.29 is 4.79 Å². The molecular formula is C15H15ClN4OS. The number of carbonyl (C=O) groups is 1. The van der Waals surface area contributed by atoms with Gasteiger partial charge in [-0.1, -0.05) is 29.8 Å². The molecule has 7 heteroatoms. The molecule has 0 unspecified atom stereocenters. The van der Waals surface area contributed by atoms with Gasteiger partial charge < -0.3 is 10.6 Å². The van der Waals surface area contributed by atoms with Gasteiger partial charge in [-0.15, -0.1) is 0 Å². The highest BCUT2D eigenvalue weighted by atomic mass is 35.5. The fourth-order valence-electron chi connectivity index (χ4n) is 1.60. The van der Waals surface area contributed by atoms with Crippen molar-refractivity contribution >= 4 is 46.2 Å². The zero-order chi connectivity index (χ0) is 15.8. The second-order valence-electron chi connectivity index (χ2n) is 4.35. The Morgan fingerprint density at radius 3 is 2.32 bits per heavy atom. The highest BCUT2D eigenvalue weighted by molar-refractivity contribution is 7.80. The highest BCUT2D eigenvalue weighted by Gasteiger charge is 2.02. The first-order chi connectivity index (χ1) is 10.6. The zero-order valence-corrected chi connectivity index (χ0v) is 13.2. The van der Waals surface area contributed by atoms with Crippen molar-refractivity contribution in [2.45, 2.75) is 0 Å². The fourth-order valence-corrected chi connectivity index (χ4v) is 1.90. The number of hydrogen-bond donors (Lipinski definition) is 4. The van der Waals surface area contributed by atoms with Gasteiger partial charge in [0.05, 0.1) is 6.54 Å². The lowest BCUT2D eigenvalue weighted by molar-refractivity contribution is -0.119. The maximum atomic E-state index is 11.7. The van der Waals surface area contributed by atoms with Crippen LogP contribution in [0.15, 0.2) is 54.6 Å². The van der Waals surface area contributed by atoms with Gasteiger partial charge in [-0.3, -0.25) is 15.6 Å². The summed E-state index contributed by atoms with van der Waals surface area (Å²) in [5.74, 6) is -0.232. The minimum atomic E-state index is -0.232. The van der Waals surface area contributed by atoms with Gasteiger partial charge in [-0.2, -0.15) is 0 Å². The minimum absolute atomic E-state index is 0.139. The van der Waals surface area contributed by atoms with Crippen molar-refractivity contribution in [3.8, 4) is 0 Å². The third-order valence-corrected chi connectivity index (χ3v) is 3.10. The predicted octanol–water partition coefficient (Wildman–Crippen LogP) is 2.77. The monoisotopic (exact) mass is 334 g/mol. The predicted molar refractivity (Wildman–Crippen MR) is 93.9 cm³/mol. The summed E-state index contributed by atoms with van der Waals surface area (Å²) in [5.41, 5.74) is 6.78. The molecule has 0 aromatic heterocycles. The lowest BCUT2D eigenvalue weighted by Gasteiger charge is -2.12. The van der Waals surface area contributed by atoms with Gasteiger partial charge in [0.2, 0.25) is 0 Å². The summed E-state index contributed by atoms with van der Waals surface area (Å²) in [6, 6.07) is 16.5. The first-order valence-electron chi connectivity index (χ1n) is 6.54. The van der Waals surface area contributed by atoms with Gasteiger partial charge in [-0.25, -0.2) is 0 Å². The number of amides is 1. The average Bonchev–Trinajstić information content (AvgIpc) is 2.54. The Morgan fingerprint density at radius 2 is 1.64 bits per heavy atom. The van der Waals surface area contributed by atoms with Crippen LogP contribution >= 0.6 is 23.8 Å². The van der Waals surface area contributed by atoms with Crippen molar-refractivity contribution in [2.75, 3.05) is 17.2 Å². The summed E-state index contributed by atoms with van der Waals surface area (Å²) >= 11 is 10.9. The van der Waals surface area contributed by atoms with E-state index in [2.05, 4.69) is 21.5 Å². The van der Waals surface area contributed by atoms with Crippen LogP contribution in [0.1, 0.15) is 0 Å². The van der Waals surface area contributed by atoms with E-state index in [1.165, 1.54) is 0 Å². The molecule has 0 spiro atoms. The normalized spacial score (nSPS) is 9.68. The molecule has 0 heterocycles. The van der Waals surface area contributed by atoms with E-state index >= 15 is 0 Å². The van der Waals surface area contributed by atoms with Crippen LogP contribution in [0.2, 0.25) is 5.02 Å². The second-order valence-corrected chi connectivity index (χ2v) is 5.20. The smallest absolute Gasteiger partial charge is 0.257 e. The molecule has 114 valence electrons. The van der Waals surface area contributed by atoms with Crippen molar-refractivity contribution in [1.82, 2.24) is 10.9 Å². The summed E-state index contributed by atoms with van der Waals surface area (Å²) in [6.45, 7) is 0.139. The Morgan fingerprint density at radius 1 is 0.955 bits per heavy atom. The molecule has 0 saturated heterocycles. The summed E-state index contributed by atoms with van der Waals surface area (Å²) in [7, 11) is 0. The third-order valence-electron chi connectivity index (χ3n) is 2.64. The first-order valence-corrected chi connectivity index (χ1v) is 7.32. The Hall–Kier alpha value is -2.31. The largest absolute Gasteiger partial charge is 0.376 e. The van der Waals surface area contributed by atoms with E-state index < -0.39 is 0 Å². The lowest BCUT2D eigenvalue weighted by atomic mass is 10.3. The molecule has 2 rings (SSSR count). The van der Waals surface area contributed by atoms with Crippen molar-refractivity contribution in [3.63, 3.8) is 0 Å². The zero-order valence-electron chi connectivity index (χ0n) is 11.6. The van der Waals surface area contributed by atoms with Gasteiger partial charge >= 0.3 is 0 Å². The molecule has 0 saturated carbocycles. The quantitative estimate of drug-likeness (QED) is 0.511. The van der Waals surface area contributed by atoms with Crippen molar-refractivity contribution in [2.24, 2.45) is 0 Å². The standard InChI is InChI=1S/C15H15ClN4OS/c16-11-6-8-13(9-7-11)18-15(22)20-19-14(21)10-17-12-4-2-1-3-5-12/h1-9,17H,10H2,(H,19,21)(H2,18,20,22). The molecule has 2 aromatic carbocycles. The van der Waals surface area contributed by atoms with E-state index in [1.54, 1.807) is 24.3 Å². The highest BCUT2D eigenvalue weighted by Crippen LogP contribution is 2.12. The number of benzene rings is 2. The van der Waals surface area contributed by atoms with Crippen LogP contribution in [0.3, 0.4) is 0 Å². The van der Waals surface area contributed by atoms with Gasteiger partial charge in [0.15, 0.2) is 5.11 Å². The summed E-state index contributed by atoms with van der Waals surface area (Å²) < 4.78 is 0. The van der Waals surface area contributed by atoms with E-state index in [0.717, 1.165) is 11.4 Å². The molecule has 0 atom stereocenters. The molecule has 0 aliphatic heterocycles. The van der Waals surface area contributed by atoms with E-state index in [0.29, 0.717) is 5.02 Å².